The van der Waals surface area contributed by atoms with Gasteiger partial charge in [-0.1, -0.05) is 23.7 Å². The lowest BCUT2D eigenvalue weighted by Gasteiger charge is -2.09. The Kier molecular flexibility index (Phi) is 4.88. The quantitative estimate of drug-likeness (QED) is 0.816. The van der Waals surface area contributed by atoms with Gasteiger partial charge in [0.1, 0.15) is 0 Å². The maximum Gasteiger partial charge on any atom is 0.307 e. The van der Waals surface area contributed by atoms with Gasteiger partial charge in [0.15, 0.2) is 0 Å². The van der Waals surface area contributed by atoms with Crippen molar-refractivity contribution in [1.82, 2.24) is 0 Å². The molecule has 1 aromatic carbocycles. The summed E-state index contributed by atoms with van der Waals surface area (Å²) in [6.45, 7) is 1.71. The van der Waals surface area contributed by atoms with Crippen LogP contribution < -0.4 is 0 Å². The van der Waals surface area contributed by atoms with Crippen LogP contribution >= 0.6 is 11.6 Å². The molecule has 0 fully saturated rings. The highest BCUT2D eigenvalue weighted by molar-refractivity contribution is 6.30. The number of halogens is 1. The molecule has 0 aliphatic rings. The number of hydrogen-bond donors (Lipinski definition) is 1. The molecule has 1 N–H and O–H groups in total. The molecule has 3 heteroatoms. The minimum atomic E-state index is -0.817. The summed E-state index contributed by atoms with van der Waals surface area (Å²) in [6, 6.07) is 7.26. The van der Waals surface area contributed by atoms with Crippen molar-refractivity contribution in [2.45, 2.75) is 19.8 Å². The van der Waals surface area contributed by atoms with E-state index in [1.165, 1.54) is 0 Å². The van der Waals surface area contributed by atoms with Crippen LogP contribution in [0.15, 0.2) is 24.3 Å². The summed E-state index contributed by atoms with van der Waals surface area (Å²) in [7, 11) is 0. The standard InChI is InChI=1S/C13H13ClO2/c1-2-3-6-11(13(15)16)8-10-5-4-7-12(14)9-10/h4-5,7,9,11H,6,8H2,1H3,(H,15,16). The third-order valence-corrected chi connectivity index (χ3v) is 2.48. The number of benzene rings is 1. The Bertz CT molecular complexity index is 429. The molecule has 0 aliphatic carbocycles. The van der Waals surface area contributed by atoms with Crippen molar-refractivity contribution >= 4 is 17.6 Å². The molecule has 1 aromatic rings. The molecule has 2 nitrogen and oxygen atoms in total. The topological polar surface area (TPSA) is 37.3 Å². The molecule has 0 bridgehead atoms. The van der Waals surface area contributed by atoms with Crippen LogP contribution in [0.25, 0.3) is 0 Å². The molecule has 0 spiro atoms. The average Bonchev–Trinajstić information content (AvgIpc) is 2.24. The van der Waals surface area contributed by atoms with Gasteiger partial charge in [-0.25, -0.2) is 0 Å². The van der Waals surface area contributed by atoms with Gasteiger partial charge in [0.05, 0.1) is 5.92 Å². The number of hydrogen-bond acceptors (Lipinski definition) is 1. The van der Waals surface area contributed by atoms with E-state index in [4.69, 9.17) is 16.7 Å². The first-order valence-electron chi connectivity index (χ1n) is 5.00. The highest BCUT2D eigenvalue weighted by Crippen LogP contribution is 2.16. The molecule has 0 aromatic heterocycles. The van der Waals surface area contributed by atoms with Gasteiger partial charge in [0.2, 0.25) is 0 Å². The highest BCUT2D eigenvalue weighted by atomic mass is 35.5. The van der Waals surface area contributed by atoms with Crippen LogP contribution in [0.5, 0.6) is 0 Å². The van der Waals surface area contributed by atoms with Gasteiger partial charge in [0, 0.05) is 11.4 Å². The summed E-state index contributed by atoms with van der Waals surface area (Å²) >= 11 is 5.84. The molecule has 1 atom stereocenters. The molecule has 0 amide bonds. The summed E-state index contributed by atoms with van der Waals surface area (Å²) in [5.74, 6) is 4.23. The van der Waals surface area contributed by atoms with Crippen molar-refractivity contribution in [3.05, 3.63) is 34.9 Å². The first-order valence-corrected chi connectivity index (χ1v) is 5.38. The largest absolute Gasteiger partial charge is 0.481 e. The summed E-state index contributed by atoms with van der Waals surface area (Å²) in [5.41, 5.74) is 0.929. The number of rotatable bonds is 4. The van der Waals surface area contributed by atoms with Crippen LogP contribution in [0.4, 0.5) is 0 Å². The first-order chi connectivity index (χ1) is 7.63. The van der Waals surface area contributed by atoms with Crippen LogP contribution in [0, 0.1) is 17.8 Å². The predicted molar refractivity (Wildman–Crippen MR) is 64.3 cm³/mol. The fraction of sp³-hybridized carbons (Fsp3) is 0.308. The number of carbonyl (C=O) groups is 1. The van der Waals surface area contributed by atoms with E-state index >= 15 is 0 Å². The number of aliphatic carboxylic acids is 1. The molecule has 1 unspecified atom stereocenters. The molecule has 0 saturated heterocycles. The Hall–Kier alpha value is -1.46. The number of carboxylic acids is 1. The minimum absolute atomic E-state index is 0.373. The van der Waals surface area contributed by atoms with Crippen molar-refractivity contribution in [2.75, 3.05) is 0 Å². The zero-order valence-electron chi connectivity index (χ0n) is 9.03. The van der Waals surface area contributed by atoms with E-state index in [1.54, 1.807) is 19.1 Å². The van der Waals surface area contributed by atoms with E-state index in [0.717, 1.165) is 5.56 Å². The summed E-state index contributed by atoms with van der Waals surface area (Å²) in [4.78, 5) is 11.0. The van der Waals surface area contributed by atoms with E-state index in [-0.39, 0.29) is 0 Å². The molecule has 1 rings (SSSR count). The van der Waals surface area contributed by atoms with Crippen molar-refractivity contribution in [3.8, 4) is 11.8 Å². The van der Waals surface area contributed by atoms with Gasteiger partial charge in [-0.05, 0) is 31.0 Å². The Balaban J connectivity index is 2.74. The van der Waals surface area contributed by atoms with E-state index in [0.29, 0.717) is 17.9 Å². The van der Waals surface area contributed by atoms with Crippen molar-refractivity contribution in [3.63, 3.8) is 0 Å². The van der Waals surface area contributed by atoms with Gasteiger partial charge in [-0.3, -0.25) is 4.79 Å². The van der Waals surface area contributed by atoms with Crippen LogP contribution in [-0.4, -0.2) is 11.1 Å². The second-order valence-corrected chi connectivity index (χ2v) is 3.94. The van der Waals surface area contributed by atoms with Gasteiger partial charge >= 0.3 is 5.97 Å². The van der Waals surface area contributed by atoms with E-state index in [9.17, 15) is 4.79 Å². The molecule has 0 radical (unpaired) electrons. The zero-order valence-corrected chi connectivity index (χ0v) is 9.79. The van der Waals surface area contributed by atoms with E-state index in [1.807, 2.05) is 12.1 Å². The monoisotopic (exact) mass is 236 g/mol. The van der Waals surface area contributed by atoms with Gasteiger partial charge in [0.25, 0.3) is 0 Å². The van der Waals surface area contributed by atoms with Gasteiger partial charge in [-0.15, -0.1) is 11.8 Å². The van der Waals surface area contributed by atoms with Gasteiger partial charge < -0.3 is 5.11 Å². The Labute approximate surface area is 100 Å². The van der Waals surface area contributed by atoms with Crippen LogP contribution in [0.3, 0.4) is 0 Å². The Morgan fingerprint density at radius 1 is 1.56 bits per heavy atom. The van der Waals surface area contributed by atoms with Gasteiger partial charge in [-0.2, -0.15) is 0 Å². The molecule has 0 aliphatic heterocycles. The fourth-order valence-electron chi connectivity index (χ4n) is 1.42. The molecule has 16 heavy (non-hydrogen) atoms. The third-order valence-electron chi connectivity index (χ3n) is 2.25. The Morgan fingerprint density at radius 2 is 2.31 bits per heavy atom. The second-order valence-electron chi connectivity index (χ2n) is 3.50. The summed E-state index contributed by atoms with van der Waals surface area (Å²) < 4.78 is 0. The van der Waals surface area contributed by atoms with Crippen molar-refractivity contribution < 1.29 is 9.90 Å². The number of carboxylic acid groups (broad SMARTS) is 1. The predicted octanol–water partition coefficient (Wildman–Crippen LogP) is 3.00. The normalized spacial score (nSPS) is 11.4. The van der Waals surface area contributed by atoms with Crippen molar-refractivity contribution in [2.24, 2.45) is 5.92 Å². The smallest absolute Gasteiger partial charge is 0.307 e. The first kappa shape index (κ1) is 12.6. The summed E-state index contributed by atoms with van der Waals surface area (Å²) in [5, 5.41) is 9.66. The zero-order chi connectivity index (χ0) is 12.0. The highest BCUT2D eigenvalue weighted by Gasteiger charge is 2.16. The van der Waals surface area contributed by atoms with E-state index in [2.05, 4.69) is 11.8 Å². The maximum atomic E-state index is 11.0. The lowest BCUT2D eigenvalue weighted by atomic mass is 9.96. The lowest BCUT2D eigenvalue weighted by Crippen LogP contribution is -2.15. The van der Waals surface area contributed by atoms with Crippen molar-refractivity contribution in [1.29, 1.82) is 0 Å². The molecule has 84 valence electrons. The molecular weight excluding hydrogens is 224 g/mol. The second kappa shape index (κ2) is 6.19. The maximum absolute atomic E-state index is 11.0. The summed E-state index contributed by atoms with van der Waals surface area (Å²) in [6.07, 6.45) is 0.836. The van der Waals surface area contributed by atoms with Crippen LogP contribution in [0.1, 0.15) is 18.9 Å². The SMILES string of the molecule is CC#CCC(Cc1cccc(Cl)c1)C(=O)O. The molecular formula is C13H13ClO2. The van der Waals surface area contributed by atoms with E-state index < -0.39 is 11.9 Å². The third kappa shape index (κ3) is 3.96. The Morgan fingerprint density at radius 3 is 2.88 bits per heavy atom. The molecule has 0 heterocycles. The average molecular weight is 237 g/mol. The minimum Gasteiger partial charge on any atom is -0.481 e. The molecule has 0 saturated carbocycles. The van der Waals surface area contributed by atoms with Crippen LogP contribution in [-0.2, 0) is 11.2 Å². The fourth-order valence-corrected chi connectivity index (χ4v) is 1.63. The lowest BCUT2D eigenvalue weighted by molar-refractivity contribution is -0.141. The van der Waals surface area contributed by atoms with Crippen LogP contribution in [0.2, 0.25) is 5.02 Å².